The Labute approximate surface area is 188 Å². The van der Waals surface area contributed by atoms with Crippen molar-refractivity contribution in [3.05, 3.63) is 120 Å². The molecule has 0 atom stereocenters. The van der Waals surface area contributed by atoms with Gasteiger partial charge in [-0.25, -0.2) is 0 Å². The molecule has 4 aromatic rings. The van der Waals surface area contributed by atoms with Gasteiger partial charge in [-0.05, 0) is 49.2 Å². The molecule has 0 aromatic heterocycles. The van der Waals surface area contributed by atoms with Crippen molar-refractivity contribution in [3.8, 4) is 0 Å². The molecule has 0 radical (unpaired) electrons. The van der Waals surface area contributed by atoms with Gasteiger partial charge in [-0.3, -0.25) is 9.98 Å². The molecule has 0 saturated carbocycles. The van der Waals surface area contributed by atoms with Crippen LogP contribution in [0.15, 0.2) is 129 Å². The van der Waals surface area contributed by atoms with Gasteiger partial charge in [0.25, 0.3) is 0 Å². The minimum atomic E-state index is 0.965. The molecule has 0 fully saturated rings. The van der Waals surface area contributed by atoms with Crippen molar-refractivity contribution in [2.45, 2.75) is 23.6 Å². The molecule has 152 valence electrons. The van der Waals surface area contributed by atoms with E-state index in [1.54, 1.807) is 11.8 Å². The highest BCUT2D eigenvalue weighted by atomic mass is 32.2. The second-order valence-electron chi connectivity index (χ2n) is 7.16. The molecule has 0 unspecified atom stereocenters. The number of benzene rings is 4. The Morgan fingerprint density at radius 3 is 1.26 bits per heavy atom. The largest absolute Gasteiger partial charge is 0.252 e. The third-order valence-corrected chi connectivity index (χ3v) is 6.04. The second kappa shape index (κ2) is 10.1. The predicted molar refractivity (Wildman–Crippen MR) is 134 cm³/mol. The quantitative estimate of drug-likeness (QED) is 0.289. The summed E-state index contributed by atoms with van der Waals surface area (Å²) in [4.78, 5) is 12.1. The van der Waals surface area contributed by atoms with Crippen LogP contribution in [-0.2, 0) is 0 Å². The van der Waals surface area contributed by atoms with E-state index in [4.69, 9.17) is 9.98 Å². The zero-order valence-corrected chi connectivity index (χ0v) is 18.5. The topological polar surface area (TPSA) is 24.7 Å². The van der Waals surface area contributed by atoms with E-state index in [9.17, 15) is 0 Å². The maximum absolute atomic E-state index is 4.92. The molecular formula is C28H24N2S. The Morgan fingerprint density at radius 2 is 0.839 bits per heavy atom. The molecular weight excluding hydrogens is 396 g/mol. The van der Waals surface area contributed by atoms with Crippen molar-refractivity contribution in [1.82, 2.24) is 0 Å². The second-order valence-corrected chi connectivity index (χ2v) is 8.25. The van der Waals surface area contributed by atoms with Crippen LogP contribution in [0.3, 0.4) is 0 Å². The van der Waals surface area contributed by atoms with Crippen LogP contribution < -0.4 is 0 Å². The fraction of sp³-hybridized carbons (Fsp3) is 0.0714. The minimum Gasteiger partial charge on any atom is -0.252 e. The summed E-state index contributed by atoms with van der Waals surface area (Å²) >= 11 is 1.70. The molecule has 0 N–H and O–H groups in total. The van der Waals surface area contributed by atoms with Gasteiger partial charge in [0.05, 0.1) is 11.4 Å². The number of rotatable bonds is 6. The summed E-state index contributed by atoms with van der Waals surface area (Å²) in [5.41, 5.74) is 6.19. The average Bonchev–Trinajstić information content (AvgIpc) is 2.82. The van der Waals surface area contributed by atoms with Gasteiger partial charge in [0.2, 0.25) is 0 Å². The number of hydrogen-bond acceptors (Lipinski definition) is 3. The Morgan fingerprint density at radius 1 is 0.484 bits per heavy atom. The highest BCUT2D eigenvalue weighted by Crippen LogP contribution is 2.40. The van der Waals surface area contributed by atoms with E-state index in [1.807, 2.05) is 48.5 Å². The van der Waals surface area contributed by atoms with Crippen LogP contribution in [0.5, 0.6) is 0 Å². The lowest BCUT2D eigenvalue weighted by atomic mass is 10.1. The molecule has 31 heavy (non-hydrogen) atoms. The molecule has 0 amide bonds. The minimum absolute atomic E-state index is 0.965. The monoisotopic (exact) mass is 420 g/mol. The molecule has 0 bridgehead atoms. The maximum Gasteiger partial charge on any atom is 0.0772 e. The van der Waals surface area contributed by atoms with Gasteiger partial charge < -0.3 is 0 Å². The molecule has 0 heterocycles. The van der Waals surface area contributed by atoms with Gasteiger partial charge in [-0.15, -0.1) is 0 Å². The van der Waals surface area contributed by atoms with Crippen LogP contribution in [0.1, 0.15) is 25.0 Å². The Balaban J connectivity index is 1.66. The van der Waals surface area contributed by atoms with Crippen LogP contribution >= 0.6 is 11.8 Å². The molecule has 4 rings (SSSR count). The molecule has 0 spiro atoms. The molecule has 2 nitrogen and oxygen atoms in total. The number of para-hydroxylation sites is 2. The van der Waals surface area contributed by atoms with Crippen molar-refractivity contribution in [2.75, 3.05) is 0 Å². The van der Waals surface area contributed by atoms with Crippen molar-refractivity contribution in [3.63, 3.8) is 0 Å². The summed E-state index contributed by atoms with van der Waals surface area (Å²) in [6.07, 6.45) is 0. The molecule has 0 aliphatic carbocycles. The van der Waals surface area contributed by atoms with Crippen LogP contribution in [0.25, 0.3) is 0 Å². The summed E-state index contributed by atoms with van der Waals surface area (Å²) in [5.74, 6) is 0. The highest BCUT2D eigenvalue weighted by molar-refractivity contribution is 7.99. The Bertz CT molecular complexity index is 1110. The molecule has 4 aromatic carbocycles. The van der Waals surface area contributed by atoms with Crippen LogP contribution in [0.4, 0.5) is 11.4 Å². The van der Waals surface area contributed by atoms with Crippen LogP contribution in [0.2, 0.25) is 0 Å². The van der Waals surface area contributed by atoms with Gasteiger partial charge in [0, 0.05) is 21.2 Å². The van der Waals surface area contributed by atoms with E-state index >= 15 is 0 Å². The van der Waals surface area contributed by atoms with E-state index in [2.05, 4.69) is 74.5 Å². The normalized spacial score (nSPS) is 12.1. The Kier molecular flexibility index (Phi) is 6.75. The van der Waals surface area contributed by atoms with Gasteiger partial charge in [-0.2, -0.15) is 0 Å². The first kappa shape index (κ1) is 20.8. The van der Waals surface area contributed by atoms with E-state index in [0.717, 1.165) is 43.7 Å². The lowest BCUT2D eigenvalue weighted by molar-refractivity contribution is 1.32. The van der Waals surface area contributed by atoms with Gasteiger partial charge >= 0.3 is 0 Å². The summed E-state index contributed by atoms with van der Waals surface area (Å²) in [7, 11) is 0. The summed E-state index contributed by atoms with van der Waals surface area (Å²) < 4.78 is 0. The Hall–Kier alpha value is -3.43. The first-order chi connectivity index (χ1) is 15.2. The van der Waals surface area contributed by atoms with E-state index in [1.165, 1.54) is 0 Å². The lowest BCUT2D eigenvalue weighted by Gasteiger charge is -2.10. The number of nitrogens with zero attached hydrogens (tertiary/aromatic N) is 2. The zero-order chi connectivity index (χ0) is 21.5. The maximum atomic E-state index is 4.92. The van der Waals surface area contributed by atoms with E-state index < -0.39 is 0 Å². The van der Waals surface area contributed by atoms with E-state index in [-0.39, 0.29) is 0 Å². The summed E-state index contributed by atoms with van der Waals surface area (Å²) in [5, 5.41) is 0. The molecule has 0 saturated heterocycles. The van der Waals surface area contributed by atoms with Crippen molar-refractivity contribution in [2.24, 2.45) is 9.98 Å². The van der Waals surface area contributed by atoms with Gasteiger partial charge in [0.15, 0.2) is 0 Å². The zero-order valence-electron chi connectivity index (χ0n) is 17.7. The van der Waals surface area contributed by atoms with Crippen molar-refractivity contribution in [1.29, 1.82) is 0 Å². The van der Waals surface area contributed by atoms with Crippen molar-refractivity contribution < 1.29 is 0 Å². The summed E-state index contributed by atoms with van der Waals surface area (Å²) in [6, 6.07) is 37.1. The molecule has 0 aliphatic heterocycles. The van der Waals surface area contributed by atoms with Crippen LogP contribution in [0, 0.1) is 0 Å². The average molecular weight is 421 g/mol. The molecule has 0 aliphatic rings. The smallest absolute Gasteiger partial charge is 0.0772 e. The fourth-order valence-electron chi connectivity index (χ4n) is 3.24. The number of hydrogen-bond donors (Lipinski definition) is 0. The SMILES string of the molecule is CC(=Nc1ccccc1Sc1ccccc1N=C(C)c1ccccc1)c1ccccc1. The third-order valence-electron chi connectivity index (χ3n) is 4.91. The predicted octanol–water partition coefficient (Wildman–Crippen LogP) is 8.12. The van der Waals surface area contributed by atoms with Crippen molar-refractivity contribution >= 4 is 34.6 Å². The van der Waals surface area contributed by atoms with Gasteiger partial charge in [-0.1, -0.05) is 96.7 Å². The number of aliphatic imine (C=N–C) groups is 2. The first-order valence-corrected chi connectivity index (χ1v) is 11.1. The fourth-order valence-corrected chi connectivity index (χ4v) is 4.21. The lowest BCUT2D eigenvalue weighted by Crippen LogP contribution is -1.93. The van der Waals surface area contributed by atoms with Gasteiger partial charge in [0.1, 0.15) is 0 Å². The first-order valence-electron chi connectivity index (χ1n) is 10.3. The highest BCUT2D eigenvalue weighted by Gasteiger charge is 2.09. The third kappa shape index (κ3) is 5.39. The van der Waals surface area contributed by atoms with E-state index in [0.29, 0.717) is 0 Å². The van der Waals surface area contributed by atoms with Crippen LogP contribution in [-0.4, -0.2) is 11.4 Å². The molecule has 3 heteroatoms. The standard InChI is InChI=1S/C28H24N2S/c1-21(23-13-5-3-6-14-23)29-25-17-9-11-19-27(25)31-28-20-12-10-18-26(28)30-22(2)24-15-7-4-8-16-24/h3-20H,1-2H3. The summed E-state index contributed by atoms with van der Waals surface area (Å²) in [6.45, 7) is 4.11.